The number of ether oxygens (including phenoxy) is 1. The van der Waals surface area contributed by atoms with Gasteiger partial charge in [0.15, 0.2) is 5.96 Å². The van der Waals surface area contributed by atoms with Gasteiger partial charge in [-0.15, -0.1) is 24.0 Å². The summed E-state index contributed by atoms with van der Waals surface area (Å²) in [5.41, 5.74) is 0. The summed E-state index contributed by atoms with van der Waals surface area (Å²) in [4.78, 5) is 6.86. The lowest BCUT2D eigenvalue weighted by Gasteiger charge is -2.22. The normalized spacial score (nSPS) is 18.7. The lowest BCUT2D eigenvalue weighted by molar-refractivity contribution is 0.0200. The van der Waals surface area contributed by atoms with E-state index in [1.165, 1.54) is 0 Å². The maximum Gasteiger partial charge on any atom is 0.213 e. The van der Waals surface area contributed by atoms with Gasteiger partial charge < -0.3 is 20.3 Å². The van der Waals surface area contributed by atoms with E-state index in [0.717, 1.165) is 64.9 Å². The Morgan fingerprint density at radius 3 is 2.57 bits per heavy atom. The van der Waals surface area contributed by atoms with Crippen molar-refractivity contribution < 1.29 is 13.2 Å². The number of halogens is 1. The average Bonchev–Trinajstić information content (AvgIpc) is 2.70. The molecular weight excluding hydrogens is 517 g/mol. The van der Waals surface area contributed by atoms with Crippen LogP contribution in [0.15, 0.2) is 4.99 Å². The molecular formula is C20H44IN5O3S. The number of hydrogen-bond acceptors (Lipinski definition) is 5. The van der Waals surface area contributed by atoms with Gasteiger partial charge in [-0.2, -0.15) is 0 Å². The van der Waals surface area contributed by atoms with E-state index in [-0.39, 0.29) is 48.4 Å². The van der Waals surface area contributed by atoms with Gasteiger partial charge in [-0.05, 0) is 65.6 Å². The van der Waals surface area contributed by atoms with Crippen molar-refractivity contribution in [3.63, 3.8) is 0 Å². The van der Waals surface area contributed by atoms with E-state index in [1.807, 2.05) is 6.92 Å². The summed E-state index contributed by atoms with van der Waals surface area (Å²) in [5.74, 6) is 0.653. The van der Waals surface area contributed by atoms with Crippen LogP contribution in [-0.2, 0) is 14.8 Å². The number of hydrogen-bond donors (Lipinski definition) is 3. The first-order valence-electron chi connectivity index (χ1n) is 11.3. The van der Waals surface area contributed by atoms with E-state index in [0.29, 0.717) is 12.5 Å². The van der Waals surface area contributed by atoms with Crippen molar-refractivity contribution in [1.82, 2.24) is 20.3 Å². The number of nitrogens with zero attached hydrogens (tertiary/aromatic N) is 2. The minimum Gasteiger partial charge on any atom is -0.377 e. The Kier molecular flexibility index (Phi) is 17.3. The predicted molar refractivity (Wildman–Crippen MR) is 136 cm³/mol. The van der Waals surface area contributed by atoms with Gasteiger partial charge in [-0.3, -0.25) is 4.99 Å². The molecule has 2 atom stereocenters. The van der Waals surface area contributed by atoms with Crippen molar-refractivity contribution in [3.8, 4) is 0 Å². The quantitative estimate of drug-likeness (QED) is 0.171. The number of sulfonamides is 1. The van der Waals surface area contributed by atoms with Crippen molar-refractivity contribution in [3.05, 3.63) is 0 Å². The molecule has 0 aliphatic carbocycles. The molecule has 0 aromatic carbocycles. The first-order valence-corrected chi connectivity index (χ1v) is 12.9. The van der Waals surface area contributed by atoms with Crippen LogP contribution < -0.4 is 15.4 Å². The van der Waals surface area contributed by atoms with E-state index < -0.39 is 10.0 Å². The minimum absolute atomic E-state index is 0. The Balaban J connectivity index is 0.00000841. The van der Waals surface area contributed by atoms with Crippen molar-refractivity contribution in [1.29, 1.82) is 0 Å². The molecule has 1 aliphatic heterocycles. The standard InChI is InChI=1S/C20H43N5O3S.HI/c1-5-21-20(24-18(4)11-10-14-25(6-2)7-3)22-13-16-29(26,27)23-17-19-12-8-9-15-28-19;/h18-19,23H,5-17H2,1-4H3,(H2,21,22,24);1H. The average molecular weight is 562 g/mol. The lowest BCUT2D eigenvalue weighted by atomic mass is 10.1. The molecule has 2 unspecified atom stereocenters. The monoisotopic (exact) mass is 561 g/mol. The summed E-state index contributed by atoms with van der Waals surface area (Å²) in [6.07, 6.45) is 5.24. The Hall–Kier alpha value is -0.170. The van der Waals surface area contributed by atoms with E-state index in [9.17, 15) is 8.42 Å². The van der Waals surface area contributed by atoms with E-state index in [1.54, 1.807) is 0 Å². The first-order chi connectivity index (χ1) is 13.9. The Bertz CT molecular complexity index is 553. The molecule has 0 spiro atoms. The Morgan fingerprint density at radius 1 is 1.23 bits per heavy atom. The van der Waals surface area contributed by atoms with Gasteiger partial charge in [0.25, 0.3) is 0 Å². The second kappa shape index (κ2) is 17.4. The maximum atomic E-state index is 12.2. The Labute approximate surface area is 201 Å². The van der Waals surface area contributed by atoms with Crippen molar-refractivity contribution in [2.75, 3.05) is 51.6 Å². The molecule has 1 fully saturated rings. The molecule has 0 saturated carbocycles. The SMILES string of the molecule is CCNC(=NCCS(=O)(=O)NCC1CCCCO1)NC(C)CCCN(CC)CC.I. The van der Waals surface area contributed by atoms with Crippen LogP contribution in [0.4, 0.5) is 0 Å². The zero-order chi connectivity index (χ0) is 21.5. The summed E-state index contributed by atoms with van der Waals surface area (Å²) >= 11 is 0. The summed E-state index contributed by atoms with van der Waals surface area (Å²) in [7, 11) is -3.35. The molecule has 0 radical (unpaired) electrons. The molecule has 1 heterocycles. The molecule has 1 aliphatic rings. The fourth-order valence-corrected chi connectivity index (χ4v) is 4.24. The van der Waals surface area contributed by atoms with Crippen LogP contribution in [0.2, 0.25) is 0 Å². The molecule has 1 rings (SSSR count). The third-order valence-electron chi connectivity index (χ3n) is 5.17. The van der Waals surface area contributed by atoms with Crippen LogP contribution >= 0.6 is 24.0 Å². The molecule has 8 nitrogen and oxygen atoms in total. The number of nitrogens with one attached hydrogen (secondary N) is 3. The third-order valence-corrected chi connectivity index (χ3v) is 6.49. The molecule has 180 valence electrons. The van der Waals surface area contributed by atoms with Gasteiger partial charge >= 0.3 is 0 Å². The second-order valence-electron chi connectivity index (χ2n) is 7.63. The first kappa shape index (κ1) is 29.8. The molecule has 10 heteroatoms. The fourth-order valence-electron chi connectivity index (χ4n) is 3.32. The molecule has 0 bridgehead atoms. The van der Waals surface area contributed by atoms with Gasteiger partial charge in [-0.25, -0.2) is 13.1 Å². The van der Waals surface area contributed by atoms with E-state index in [2.05, 4.69) is 46.0 Å². The summed E-state index contributed by atoms with van der Waals surface area (Å²) < 4.78 is 32.7. The maximum absolute atomic E-state index is 12.2. The van der Waals surface area contributed by atoms with Crippen LogP contribution in [0.1, 0.15) is 59.8 Å². The van der Waals surface area contributed by atoms with Gasteiger partial charge in [0, 0.05) is 25.7 Å². The highest BCUT2D eigenvalue weighted by molar-refractivity contribution is 14.0. The zero-order valence-electron chi connectivity index (χ0n) is 19.3. The zero-order valence-corrected chi connectivity index (χ0v) is 22.4. The smallest absolute Gasteiger partial charge is 0.213 e. The van der Waals surface area contributed by atoms with Crippen molar-refractivity contribution in [2.24, 2.45) is 4.99 Å². The van der Waals surface area contributed by atoms with Crippen LogP contribution in [0.25, 0.3) is 0 Å². The highest BCUT2D eigenvalue weighted by atomic mass is 127. The predicted octanol–water partition coefficient (Wildman–Crippen LogP) is 2.16. The van der Waals surface area contributed by atoms with Crippen LogP contribution in [0.3, 0.4) is 0 Å². The van der Waals surface area contributed by atoms with Crippen molar-refractivity contribution in [2.45, 2.75) is 71.9 Å². The Morgan fingerprint density at radius 2 is 1.97 bits per heavy atom. The van der Waals surface area contributed by atoms with Gasteiger partial charge in [0.05, 0.1) is 18.4 Å². The molecule has 30 heavy (non-hydrogen) atoms. The van der Waals surface area contributed by atoms with Crippen LogP contribution in [0.5, 0.6) is 0 Å². The summed E-state index contributed by atoms with van der Waals surface area (Å²) in [6.45, 7) is 13.8. The van der Waals surface area contributed by atoms with Crippen molar-refractivity contribution >= 4 is 40.0 Å². The lowest BCUT2D eigenvalue weighted by Crippen LogP contribution is -2.43. The largest absolute Gasteiger partial charge is 0.377 e. The number of rotatable bonds is 14. The minimum atomic E-state index is -3.35. The van der Waals surface area contributed by atoms with E-state index in [4.69, 9.17) is 4.74 Å². The molecule has 0 aromatic heterocycles. The van der Waals surface area contributed by atoms with Crippen LogP contribution in [-0.4, -0.2) is 83.1 Å². The third kappa shape index (κ3) is 14.0. The fraction of sp³-hybridized carbons (Fsp3) is 0.950. The highest BCUT2D eigenvalue weighted by Gasteiger charge is 2.17. The highest BCUT2D eigenvalue weighted by Crippen LogP contribution is 2.11. The molecule has 0 amide bonds. The summed E-state index contributed by atoms with van der Waals surface area (Å²) in [6, 6.07) is 0.279. The van der Waals surface area contributed by atoms with Crippen LogP contribution in [0, 0.1) is 0 Å². The second-order valence-corrected chi connectivity index (χ2v) is 9.56. The topological polar surface area (TPSA) is 95.1 Å². The molecule has 0 aromatic rings. The molecule has 3 N–H and O–H groups in total. The number of aliphatic imine (C=N–C) groups is 1. The van der Waals surface area contributed by atoms with Gasteiger partial charge in [0.1, 0.15) is 0 Å². The number of guanidine groups is 1. The van der Waals surface area contributed by atoms with Gasteiger partial charge in [0.2, 0.25) is 10.0 Å². The summed E-state index contributed by atoms with van der Waals surface area (Å²) in [5, 5.41) is 6.58. The van der Waals surface area contributed by atoms with Gasteiger partial charge in [-0.1, -0.05) is 13.8 Å². The van der Waals surface area contributed by atoms with E-state index >= 15 is 0 Å². The molecule has 1 saturated heterocycles.